The minimum Gasteiger partial charge on any atom is -0.335 e. The first-order chi connectivity index (χ1) is 9.24. The lowest BCUT2D eigenvalue weighted by Crippen LogP contribution is -2.38. The van der Waals surface area contributed by atoms with Gasteiger partial charge in [0, 0.05) is 6.54 Å². The first kappa shape index (κ1) is 13.6. The molecule has 3 heteroatoms. The second-order valence-electron chi connectivity index (χ2n) is 4.91. The third-order valence-electron chi connectivity index (χ3n) is 3.62. The van der Waals surface area contributed by atoms with E-state index in [4.69, 9.17) is 6.42 Å². The summed E-state index contributed by atoms with van der Waals surface area (Å²) in [6, 6.07) is 8.53. The summed E-state index contributed by atoms with van der Waals surface area (Å²) in [5.41, 5.74) is 2.52. The van der Waals surface area contributed by atoms with Crippen LogP contribution in [0.5, 0.6) is 0 Å². The summed E-state index contributed by atoms with van der Waals surface area (Å²) < 4.78 is 0. The number of carbonyl (C=O) groups excluding carboxylic acids is 1. The van der Waals surface area contributed by atoms with Crippen LogP contribution < -0.4 is 5.32 Å². The monoisotopic (exact) mass is 256 g/mol. The van der Waals surface area contributed by atoms with Crippen LogP contribution in [0.25, 0.3) is 0 Å². The molecule has 1 atom stereocenters. The summed E-state index contributed by atoms with van der Waals surface area (Å²) in [6.45, 7) is 3.71. The Hall–Kier alpha value is -1.79. The van der Waals surface area contributed by atoms with Crippen LogP contribution in [0.15, 0.2) is 24.3 Å². The van der Waals surface area contributed by atoms with Crippen molar-refractivity contribution in [3.8, 4) is 12.3 Å². The van der Waals surface area contributed by atoms with Crippen molar-refractivity contribution < 1.29 is 4.79 Å². The van der Waals surface area contributed by atoms with Crippen molar-refractivity contribution in [1.29, 1.82) is 0 Å². The molecule has 1 fully saturated rings. The maximum absolute atomic E-state index is 12.2. The molecule has 100 valence electrons. The molecule has 0 aromatic heterocycles. The van der Waals surface area contributed by atoms with Crippen LogP contribution in [-0.2, 0) is 4.79 Å². The summed E-state index contributed by atoms with van der Waals surface area (Å²) in [7, 11) is 0. The van der Waals surface area contributed by atoms with E-state index < -0.39 is 0 Å². The van der Waals surface area contributed by atoms with Gasteiger partial charge in [0.05, 0.1) is 19.1 Å². The molecule has 1 saturated heterocycles. The van der Waals surface area contributed by atoms with Crippen molar-refractivity contribution in [2.75, 3.05) is 19.6 Å². The van der Waals surface area contributed by atoms with Crippen molar-refractivity contribution in [3.63, 3.8) is 0 Å². The lowest BCUT2D eigenvalue weighted by Gasteiger charge is -2.26. The first-order valence-corrected chi connectivity index (χ1v) is 6.73. The molecule has 0 radical (unpaired) electrons. The summed E-state index contributed by atoms with van der Waals surface area (Å²) in [6.07, 6.45) is 7.29. The first-order valence-electron chi connectivity index (χ1n) is 6.73. The number of rotatable bonds is 4. The van der Waals surface area contributed by atoms with Gasteiger partial charge in [-0.25, -0.2) is 0 Å². The zero-order valence-corrected chi connectivity index (χ0v) is 11.4. The van der Waals surface area contributed by atoms with E-state index in [9.17, 15) is 4.79 Å². The Kier molecular flexibility index (Phi) is 4.59. The maximum atomic E-state index is 12.2. The van der Waals surface area contributed by atoms with Crippen molar-refractivity contribution in [2.24, 2.45) is 0 Å². The van der Waals surface area contributed by atoms with Crippen LogP contribution >= 0.6 is 0 Å². The van der Waals surface area contributed by atoms with E-state index in [0.29, 0.717) is 13.1 Å². The quantitative estimate of drug-likeness (QED) is 0.659. The highest BCUT2D eigenvalue weighted by molar-refractivity contribution is 5.79. The third kappa shape index (κ3) is 3.15. The number of nitrogens with one attached hydrogen (secondary N) is 1. The van der Waals surface area contributed by atoms with Gasteiger partial charge in [-0.15, -0.1) is 6.42 Å². The lowest BCUT2D eigenvalue weighted by molar-refractivity contribution is -0.131. The third-order valence-corrected chi connectivity index (χ3v) is 3.62. The van der Waals surface area contributed by atoms with Crippen LogP contribution in [0, 0.1) is 19.3 Å². The zero-order chi connectivity index (χ0) is 13.7. The zero-order valence-electron chi connectivity index (χ0n) is 11.4. The Morgan fingerprint density at radius 2 is 2.32 bits per heavy atom. The molecule has 1 amide bonds. The molecule has 1 heterocycles. The molecule has 1 aromatic carbocycles. The lowest BCUT2D eigenvalue weighted by atomic mass is 9.99. The van der Waals surface area contributed by atoms with Gasteiger partial charge in [0.15, 0.2) is 0 Å². The number of likely N-dealkylation sites (tertiary alicyclic amines) is 1. The highest BCUT2D eigenvalue weighted by Crippen LogP contribution is 2.33. The average Bonchev–Trinajstić information content (AvgIpc) is 2.88. The number of carbonyl (C=O) groups is 1. The molecular weight excluding hydrogens is 236 g/mol. The second kappa shape index (κ2) is 6.40. The topological polar surface area (TPSA) is 32.3 Å². The summed E-state index contributed by atoms with van der Waals surface area (Å²) >= 11 is 0. The van der Waals surface area contributed by atoms with Crippen LogP contribution in [0.3, 0.4) is 0 Å². The Morgan fingerprint density at radius 3 is 3.05 bits per heavy atom. The van der Waals surface area contributed by atoms with Gasteiger partial charge in [-0.1, -0.05) is 30.2 Å². The van der Waals surface area contributed by atoms with E-state index in [1.165, 1.54) is 11.1 Å². The fourth-order valence-corrected chi connectivity index (χ4v) is 2.69. The minimum atomic E-state index is 0.140. The fourth-order valence-electron chi connectivity index (χ4n) is 2.69. The van der Waals surface area contributed by atoms with Gasteiger partial charge in [0.1, 0.15) is 0 Å². The number of nitrogens with zero attached hydrogens (tertiary/aromatic N) is 1. The molecule has 0 bridgehead atoms. The fraction of sp³-hybridized carbons (Fsp3) is 0.438. The van der Waals surface area contributed by atoms with Crippen molar-refractivity contribution in [1.82, 2.24) is 10.2 Å². The number of benzene rings is 1. The predicted molar refractivity (Wildman–Crippen MR) is 76.6 cm³/mol. The van der Waals surface area contributed by atoms with Gasteiger partial charge in [-0.05, 0) is 30.9 Å². The van der Waals surface area contributed by atoms with Gasteiger partial charge in [-0.2, -0.15) is 0 Å². The molecule has 19 heavy (non-hydrogen) atoms. The molecule has 1 N–H and O–H groups in total. The van der Waals surface area contributed by atoms with Gasteiger partial charge in [0.2, 0.25) is 5.91 Å². The number of hydrogen-bond acceptors (Lipinski definition) is 2. The van der Waals surface area contributed by atoms with Gasteiger partial charge < -0.3 is 4.90 Å². The standard InChI is InChI=1S/C16H20N2O/c1-3-10-17-12-16(19)18-11-6-9-15(18)14-8-5-4-7-13(14)2/h1,4-5,7-8,15,17H,6,9-12H2,2H3. The highest BCUT2D eigenvalue weighted by atomic mass is 16.2. The normalized spacial score (nSPS) is 18.3. The molecule has 2 rings (SSSR count). The molecule has 1 unspecified atom stereocenters. The number of aryl methyl sites for hydroxylation is 1. The van der Waals surface area contributed by atoms with Crippen molar-refractivity contribution >= 4 is 5.91 Å². The summed E-state index contributed by atoms with van der Waals surface area (Å²) in [5.74, 6) is 2.62. The number of terminal acetylenes is 1. The SMILES string of the molecule is C#CCNCC(=O)N1CCCC1c1ccccc1C. The highest BCUT2D eigenvalue weighted by Gasteiger charge is 2.30. The minimum absolute atomic E-state index is 0.140. The molecule has 1 aliphatic rings. The van der Waals surface area contributed by atoms with Crippen molar-refractivity contribution in [3.05, 3.63) is 35.4 Å². The smallest absolute Gasteiger partial charge is 0.237 e. The van der Waals surface area contributed by atoms with Crippen LogP contribution in [0.1, 0.15) is 30.0 Å². The van der Waals surface area contributed by atoms with Gasteiger partial charge in [-0.3, -0.25) is 10.1 Å². The summed E-state index contributed by atoms with van der Waals surface area (Å²) in [4.78, 5) is 14.2. The molecule has 3 nitrogen and oxygen atoms in total. The van der Waals surface area contributed by atoms with Crippen LogP contribution in [-0.4, -0.2) is 30.4 Å². The van der Waals surface area contributed by atoms with Gasteiger partial charge in [0.25, 0.3) is 0 Å². The van der Waals surface area contributed by atoms with E-state index in [-0.39, 0.29) is 11.9 Å². The molecule has 1 aromatic rings. The van der Waals surface area contributed by atoms with Crippen molar-refractivity contribution in [2.45, 2.75) is 25.8 Å². The van der Waals surface area contributed by atoms with E-state index in [0.717, 1.165) is 19.4 Å². The Morgan fingerprint density at radius 1 is 1.53 bits per heavy atom. The van der Waals surface area contributed by atoms with E-state index in [1.807, 2.05) is 17.0 Å². The predicted octanol–water partition coefficient (Wildman–Crippen LogP) is 1.88. The van der Waals surface area contributed by atoms with E-state index in [1.54, 1.807) is 0 Å². The second-order valence-corrected chi connectivity index (χ2v) is 4.91. The van der Waals surface area contributed by atoms with Crippen LogP contribution in [0.4, 0.5) is 0 Å². The maximum Gasteiger partial charge on any atom is 0.237 e. The molecule has 0 spiro atoms. The number of hydrogen-bond donors (Lipinski definition) is 1. The van der Waals surface area contributed by atoms with E-state index in [2.05, 4.69) is 30.3 Å². The van der Waals surface area contributed by atoms with Crippen LogP contribution in [0.2, 0.25) is 0 Å². The Bertz CT molecular complexity index is 490. The Labute approximate surface area is 115 Å². The molecule has 0 saturated carbocycles. The average molecular weight is 256 g/mol. The largest absolute Gasteiger partial charge is 0.335 e. The Balaban J connectivity index is 2.07. The summed E-state index contributed by atoms with van der Waals surface area (Å²) in [5, 5.41) is 2.97. The number of amides is 1. The molecule has 0 aliphatic carbocycles. The molecular formula is C16H20N2O. The van der Waals surface area contributed by atoms with E-state index >= 15 is 0 Å². The van der Waals surface area contributed by atoms with Gasteiger partial charge >= 0.3 is 0 Å². The molecule has 1 aliphatic heterocycles.